The summed E-state index contributed by atoms with van der Waals surface area (Å²) >= 11 is 3.29. The summed E-state index contributed by atoms with van der Waals surface area (Å²) in [6, 6.07) is 15.1. The molecular weight excluding hydrogens is 575 g/mol. The van der Waals surface area contributed by atoms with Crippen LogP contribution in [0, 0.1) is 19.7 Å². The van der Waals surface area contributed by atoms with Gasteiger partial charge in [-0.3, -0.25) is 19.3 Å². The van der Waals surface area contributed by atoms with Gasteiger partial charge in [0.15, 0.2) is 0 Å². The van der Waals surface area contributed by atoms with Crippen LogP contribution in [0.2, 0.25) is 0 Å². The monoisotopic (exact) mass is 606 g/mol. The van der Waals surface area contributed by atoms with Gasteiger partial charge in [-0.05, 0) is 68.4 Å². The summed E-state index contributed by atoms with van der Waals surface area (Å²) in [6.45, 7) is 8.60. The number of fused-ring (bicyclic) bond motifs is 1. The summed E-state index contributed by atoms with van der Waals surface area (Å²) in [5.41, 5.74) is 3.45. The predicted octanol–water partition coefficient (Wildman–Crippen LogP) is 4.90. The number of likely N-dealkylation sites (N-methyl/N-ethyl adjacent to an activating group) is 1. The molecule has 2 heterocycles. The second kappa shape index (κ2) is 11.6. The lowest BCUT2D eigenvalue weighted by molar-refractivity contribution is 0.0698. The molecule has 3 aromatic carbocycles. The van der Waals surface area contributed by atoms with Gasteiger partial charge in [-0.2, -0.15) is 0 Å². The smallest absolute Gasteiger partial charge is 0.266 e. The van der Waals surface area contributed by atoms with E-state index < -0.39 is 17.6 Å². The summed E-state index contributed by atoms with van der Waals surface area (Å²) < 4.78 is 15.4. The minimum absolute atomic E-state index is 0.0876. The van der Waals surface area contributed by atoms with Crippen LogP contribution >= 0.6 is 15.9 Å². The van der Waals surface area contributed by atoms with Crippen molar-refractivity contribution in [3.05, 3.63) is 98.3 Å². The number of anilines is 1. The third-order valence-electron chi connectivity index (χ3n) is 7.68. The lowest BCUT2D eigenvalue weighted by Crippen LogP contribution is -2.47. The van der Waals surface area contributed by atoms with Gasteiger partial charge in [0.1, 0.15) is 5.82 Å². The van der Waals surface area contributed by atoms with E-state index in [1.807, 2.05) is 32.0 Å². The summed E-state index contributed by atoms with van der Waals surface area (Å²) in [5, 5.41) is 0. The Labute approximate surface area is 242 Å². The molecule has 0 atom stereocenters. The van der Waals surface area contributed by atoms with Crippen LogP contribution in [0.4, 0.5) is 10.1 Å². The van der Waals surface area contributed by atoms with E-state index in [0.717, 1.165) is 37.3 Å². The average molecular weight is 608 g/mol. The predicted molar refractivity (Wildman–Crippen MR) is 156 cm³/mol. The Morgan fingerprint density at radius 1 is 0.925 bits per heavy atom. The van der Waals surface area contributed by atoms with E-state index in [-0.39, 0.29) is 23.6 Å². The van der Waals surface area contributed by atoms with Gasteiger partial charge in [0, 0.05) is 61.4 Å². The molecule has 0 unspecified atom stereocenters. The Bertz CT molecular complexity index is 1490. The Morgan fingerprint density at radius 2 is 1.65 bits per heavy atom. The second-order valence-corrected chi connectivity index (χ2v) is 11.5. The molecule has 2 aliphatic rings. The van der Waals surface area contributed by atoms with Gasteiger partial charge in [0.05, 0.1) is 16.8 Å². The van der Waals surface area contributed by atoms with Crippen LogP contribution in [0.5, 0.6) is 0 Å². The van der Waals surface area contributed by atoms with Crippen LogP contribution in [0.15, 0.2) is 59.1 Å². The van der Waals surface area contributed by atoms with Gasteiger partial charge in [0.2, 0.25) is 0 Å². The van der Waals surface area contributed by atoms with Crippen molar-refractivity contribution in [1.29, 1.82) is 0 Å². The zero-order chi connectivity index (χ0) is 28.6. The maximum Gasteiger partial charge on any atom is 0.266 e. The van der Waals surface area contributed by atoms with Crippen LogP contribution in [0.1, 0.15) is 47.8 Å². The second-order valence-electron chi connectivity index (χ2n) is 10.6. The number of carbonyl (C=O) groups excluding carboxylic acids is 3. The number of hydrogen-bond acceptors (Lipinski definition) is 5. The number of aryl methyl sites for hydroxylation is 2. The van der Waals surface area contributed by atoms with Crippen LogP contribution in [-0.4, -0.2) is 78.7 Å². The molecule has 5 rings (SSSR count). The van der Waals surface area contributed by atoms with E-state index in [2.05, 4.69) is 32.8 Å². The van der Waals surface area contributed by atoms with Crippen molar-refractivity contribution >= 4 is 39.3 Å². The summed E-state index contributed by atoms with van der Waals surface area (Å²) in [7, 11) is 2.09. The summed E-state index contributed by atoms with van der Waals surface area (Å²) in [4.78, 5) is 47.9. The summed E-state index contributed by atoms with van der Waals surface area (Å²) in [5.74, 6) is -1.57. The van der Waals surface area contributed by atoms with Crippen molar-refractivity contribution < 1.29 is 18.8 Å². The molecule has 9 heteroatoms. The molecule has 0 N–H and O–H groups in total. The lowest BCUT2D eigenvalue weighted by Gasteiger charge is -2.34. The molecule has 0 spiro atoms. The number of halogens is 2. The molecule has 7 nitrogen and oxygen atoms in total. The fourth-order valence-corrected chi connectivity index (χ4v) is 5.51. The standard InChI is InChI=1S/C31H32BrFN4O3/c1-20-4-5-21(2)28(16-20)37-30(39)25-9-7-22(17-26(25)31(37)40)29(38)36(15-14-35-12-10-34(3)11-13-35)19-23-6-8-24(32)18-27(23)33/h4-9,16-18H,10-15,19H2,1-3H3. The molecule has 0 saturated carbocycles. The molecule has 1 fully saturated rings. The number of rotatable bonds is 7. The minimum Gasteiger partial charge on any atom is -0.333 e. The molecular formula is C31H32BrFN4O3. The normalized spacial score (nSPS) is 16.0. The molecule has 1 saturated heterocycles. The Morgan fingerprint density at radius 3 is 2.38 bits per heavy atom. The first-order valence-corrected chi connectivity index (χ1v) is 14.2. The van der Waals surface area contributed by atoms with E-state index in [9.17, 15) is 18.8 Å². The minimum atomic E-state index is -0.453. The molecule has 0 bridgehead atoms. The highest BCUT2D eigenvalue weighted by molar-refractivity contribution is 9.10. The van der Waals surface area contributed by atoms with Crippen molar-refractivity contribution in [2.75, 3.05) is 51.2 Å². The highest BCUT2D eigenvalue weighted by Gasteiger charge is 2.38. The van der Waals surface area contributed by atoms with Crippen molar-refractivity contribution in [3.8, 4) is 0 Å². The first-order chi connectivity index (χ1) is 19.1. The molecule has 0 radical (unpaired) electrons. The van der Waals surface area contributed by atoms with E-state index in [1.165, 1.54) is 17.0 Å². The van der Waals surface area contributed by atoms with Gasteiger partial charge < -0.3 is 9.80 Å². The van der Waals surface area contributed by atoms with Crippen molar-refractivity contribution in [2.24, 2.45) is 0 Å². The molecule has 0 aromatic heterocycles. The molecule has 0 aliphatic carbocycles. The first kappa shape index (κ1) is 28.1. The fourth-order valence-electron chi connectivity index (χ4n) is 5.18. The Hall–Kier alpha value is -3.40. The van der Waals surface area contributed by atoms with Crippen LogP contribution in [0.3, 0.4) is 0 Å². The van der Waals surface area contributed by atoms with E-state index >= 15 is 0 Å². The maximum absolute atomic E-state index is 14.8. The zero-order valence-electron chi connectivity index (χ0n) is 22.9. The van der Waals surface area contributed by atoms with Gasteiger partial charge in [-0.15, -0.1) is 0 Å². The molecule has 2 aliphatic heterocycles. The van der Waals surface area contributed by atoms with Gasteiger partial charge in [-0.25, -0.2) is 9.29 Å². The van der Waals surface area contributed by atoms with Crippen molar-refractivity contribution in [1.82, 2.24) is 14.7 Å². The van der Waals surface area contributed by atoms with Crippen molar-refractivity contribution in [2.45, 2.75) is 20.4 Å². The summed E-state index contributed by atoms with van der Waals surface area (Å²) in [6.07, 6.45) is 0. The lowest BCUT2D eigenvalue weighted by atomic mass is 10.0. The SMILES string of the molecule is Cc1ccc(C)c(N2C(=O)c3ccc(C(=O)N(CCN4CCN(C)CC4)Cc4ccc(Br)cc4F)cc3C2=O)c1. The molecule has 40 heavy (non-hydrogen) atoms. The number of carbonyl (C=O) groups is 3. The molecule has 208 valence electrons. The number of hydrogen-bond donors (Lipinski definition) is 0. The van der Waals surface area contributed by atoms with E-state index in [0.29, 0.717) is 34.4 Å². The van der Waals surface area contributed by atoms with Crippen LogP contribution < -0.4 is 4.90 Å². The maximum atomic E-state index is 14.8. The third-order valence-corrected chi connectivity index (χ3v) is 8.18. The fraction of sp³-hybridized carbons (Fsp3) is 0.323. The van der Waals surface area contributed by atoms with E-state index in [1.54, 1.807) is 29.2 Å². The number of benzene rings is 3. The van der Waals surface area contributed by atoms with Gasteiger partial charge >= 0.3 is 0 Å². The number of nitrogens with zero attached hydrogens (tertiary/aromatic N) is 4. The highest BCUT2D eigenvalue weighted by Crippen LogP contribution is 2.32. The zero-order valence-corrected chi connectivity index (χ0v) is 24.5. The number of amides is 3. The Kier molecular flexibility index (Phi) is 8.16. The molecule has 3 amide bonds. The van der Waals surface area contributed by atoms with Gasteiger partial charge in [-0.1, -0.05) is 34.1 Å². The van der Waals surface area contributed by atoms with Crippen molar-refractivity contribution in [3.63, 3.8) is 0 Å². The average Bonchev–Trinajstić information content (AvgIpc) is 3.18. The van der Waals surface area contributed by atoms with E-state index in [4.69, 9.17) is 0 Å². The number of imide groups is 1. The Balaban J connectivity index is 1.42. The highest BCUT2D eigenvalue weighted by atomic mass is 79.9. The number of piperazine rings is 1. The topological polar surface area (TPSA) is 64.2 Å². The largest absolute Gasteiger partial charge is 0.333 e. The first-order valence-electron chi connectivity index (χ1n) is 13.4. The van der Waals surface area contributed by atoms with Crippen LogP contribution in [0.25, 0.3) is 0 Å². The van der Waals surface area contributed by atoms with Gasteiger partial charge in [0.25, 0.3) is 17.7 Å². The van der Waals surface area contributed by atoms with Crippen LogP contribution in [-0.2, 0) is 6.54 Å². The molecule has 3 aromatic rings. The third kappa shape index (κ3) is 5.73. The quantitative estimate of drug-likeness (QED) is 0.358.